The van der Waals surface area contributed by atoms with Crippen molar-refractivity contribution >= 4 is 28.4 Å². The minimum absolute atomic E-state index is 0.0196. The second-order valence-corrected chi connectivity index (χ2v) is 11.5. The second-order valence-electron chi connectivity index (χ2n) is 11.5. The van der Waals surface area contributed by atoms with E-state index in [-0.39, 0.29) is 17.7 Å². The van der Waals surface area contributed by atoms with Crippen molar-refractivity contribution < 1.29 is 9.59 Å². The zero-order valence-corrected chi connectivity index (χ0v) is 23.7. The predicted molar refractivity (Wildman–Crippen MR) is 158 cm³/mol. The van der Waals surface area contributed by atoms with Crippen molar-refractivity contribution in [2.24, 2.45) is 5.92 Å². The van der Waals surface area contributed by atoms with Gasteiger partial charge in [0, 0.05) is 56.3 Å². The number of anilines is 1. The number of pyridine rings is 1. The number of benzene rings is 2. The van der Waals surface area contributed by atoms with Gasteiger partial charge in [0.15, 0.2) is 0 Å². The van der Waals surface area contributed by atoms with Gasteiger partial charge in [0.25, 0.3) is 5.91 Å². The van der Waals surface area contributed by atoms with Crippen LogP contribution in [-0.2, 0) is 11.3 Å². The van der Waals surface area contributed by atoms with E-state index in [4.69, 9.17) is 0 Å². The van der Waals surface area contributed by atoms with Crippen molar-refractivity contribution in [1.29, 1.82) is 0 Å². The largest absolute Gasteiger partial charge is 0.333 e. The summed E-state index contributed by atoms with van der Waals surface area (Å²) in [7, 11) is 0. The number of hydrogen-bond acceptors (Lipinski definition) is 4. The molecule has 1 aliphatic heterocycles. The first-order valence-corrected chi connectivity index (χ1v) is 14.7. The molecule has 0 unspecified atom stereocenters. The molecule has 0 bridgehead atoms. The van der Waals surface area contributed by atoms with Gasteiger partial charge in [-0.05, 0) is 63.3 Å². The van der Waals surface area contributed by atoms with E-state index in [1.54, 1.807) is 6.20 Å². The minimum Gasteiger partial charge on any atom is -0.333 e. The molecule has 1 aromatic heterocycles. The van der Waals surface area contributed by atoms with Gasteiger partial charge < -0.3 is 9.80 Å². The van der Waals surface area contributed by atoms with Gasteiger partial charge in [-0.3, -0.25) is 19.5 Å². The van der Waals surface area contributed by atoms with Gasteiger partial charge in [0.2, 0.25) is 5.91 Å². The second kappa shape index (κ2) is 12.3. The number of amides is 2. The number of aromatic nitrogens is 1. The number of para-hydroxylation sites is 2. The molecule has 0 atom stereocenters. The molecule has 0 radical (unpaired) electrons. The van der Waals surface area contributed by atoms with Crippen LogP contribution in [0.4, 0.5) is 5.69 Å². The number of hydrogen-bond donors (Lipinski definition) is 0. The lowest BCUT2D eigenvalue weighted by atomic mass is 9.87. The monoisotopic (exact) mass is 526 g/mol. The lowest BCUT2D eigenvalue weighted by molar-refractivity contribution is -0.123. The molecule has 6 nitrogen and oxygen atoms in total. The third-order valence-electron chi connectivity index (χ3n) is 8.51. The molecule has 39 heavy (non-hydrogen) atoms. The van der Waals surface area contributed by atoms with Crippen LogP contribution >= 0.6 is 0 Å². The Morgan fingerprint density at radius 3 is 2.49 bits per heavy atom. The molecule has 6 heteroatoms. The first kappa shape index (κ1) is 27.3. The number of rotatable bonds is 3. The Bertz CT molecular complexity index is 1310. The van der Waals surface area contributed by atoms with Gasteiger partial charge in [-0.25, -0.2) is 0 Å². The topological polar surface area (TPSA) is 56.8 Å². The molecule has 206 valence electrons. The summed E-state index contributed by atoms with van der Waals surface area (Å²) in [5, 5.41) is 0.963. The van der Waals surface area contributed by atoms with E-state index in [1.165, 1.54) is 6.42 Å². The number of aryl methyl sites for hydroxylation is 1. The summed E-state index contributed by atoms with van der Waals surface area (Å²) in [6.07, 6.45) is 8.06. The summed E-state index contributed by atoms with van der Waals surface area (Å²) < 4.78 is 0. The van der Waals surface area contributed by atoms with Gasteiger partial charge in [-0.15, -0.1) is 0 Å². The van der Waals surface area contributed by atoms with Crippen molar-refractivity contribution in [3.63, 3.8) is 0 Å². The lowest BCUT2D eigenvalue weighted by Gasteiger charge is -2.33. The minimum atomic E-state index is -0.0196. The summed E-state index contributed by atoms with van der Waals surface area (Å²) in [5.74, 6) is 0.338. The van der Waals surface area contributed by atoms with Crippen LogP contribution in [0.2, 0.25) is 0 Å². The molecule has 2 aromatic carbocycles. The smallest absolute Gasteiger partial charge is 0.255 e. The quantitative estimate of drug-likeness (QED) is 0.407. The van der Waals surface area contributed by atoms with Crippen molar-refractivity contribution in [3.8, 4) is 0 Å². The molecule has 1 aliphatic carbocycles. The third kappa shape index (κ3) is 6.17. The fourth-order valence-electron chi connectivity index (χ4n) is 6.27. The molecule has 0 saturated heterocycles. The highest BCUT2D eigenvalue weighted by atomic mass is 16.2. The van der Waals surface area contributed by atoms with E-state index < -0.39 is 0 Å². The van der Waals surface area contributed by atoms with Crippen LogP contribution in [0, 0.1) is 12.8 Å². The van der Waals surface area contributed by atoms with Crippen LogP contribution < -0.4 is 4.90 Å². The molecule has 1 saturated carbocycles. The Kier molecular flexibility index (Phi) is 8.61. The molecular formula is C33H42N4O2. The van der Waals surface area contributed by atoms with Crippen molar-refractivity contribution in [1.82, 2.24) is 14.8 Å². The van der Waals surface area contributed by atoms with Crippen LogP contribution in [0.15, 0.2) is 54.7 Å². The first-order valence-electron chi connectivity index (χ1n) is 14.7. The molecule has 3 aromatic rings. The fourth-order valence-corrected chi connectivity index (χ4v) is 6.27. The standard InChI is InChI=1S/C33H42N4O2/c1-24(2)35-17-10-18-37(33(39)26-12-5-4-6-13-26)31-25(3)11-9-15-28(31)23-36(20-19-35)32(38)29-21-27-14-7-8-16-30(27)34-22-29/h7-9,11,14-16,21-22,24,26H,4-6,10,12-13,17-20,23H2,1-3H3. The van der Waals surface area contributed by atoms with Crippen molar-refractivity contribution in [3.05, 3.63) is 71.4 Å². The lowest BCUT2D eigenvalue weighted by Crippen LogP contribution is -2.41. The maximum atomic E-state index is 14.0. The number of fused-ring (bicyclic) bond motifs is 2. The highest BCUT2D eigenvalue weighted by Gasteiger charge is 2.30. The highest BCUT2D eigenvalue weighted by Crippen LogP contribution is 2.33. The van der Waals surface area contributed by atoms with E-state index in [0.29, 0.717) is 31.2 Å². The van der Waals surface area contributed by atoms with Gasteiger partial charge in [0.1, 0.15) is 0 Å². The van der Waals surface area contributed by atoms with E-state index in [2.05, 4.69) is 53.8 Å². The molecule has 0 N–H and O–H groups in total. The van der Waals surface area contributed by atoms with Gasteiger partial charge in [-0.2, -0.15) is 0 Å². The fraction of sp³-hybridized carbons (Fsp3) is 0.485. The van der Waals surface area contributed by atoms with E-state index >= 15 is 0 Å². The van der Waals surface area contributed by atoms with Gasteiger partial charge >= 0.3 is 0 Å². The summed E-state index contributed by atoms with van der Waals surface area (Å²) in [5.41, 5.74) is 4.62. The Morgan fingerprint density at radius 2 is 1.69 bits per heavy atom. The Balaban J connectivity index is 1.53. The molecule has 1 fully saturated rings. The van der Waals surface area contributed by atoms with Crippen LogP contribution in [-0.4, -0.2) is 58.8 Å². The molecule has 2 amide bonds. The summed E-state index contributed by atoms with van der Waals surface area (Å²) in [6.45, 7) is 10.00. The molecule has 0 spiro atoms. The SMILES string of the molecule is Cc1cccc2c1N(C(=O)C1CCCCC1)CCCN(C(C)C)CCN(C(=O)c1cnc3ccccc3c1)C2. The maximum Gasteiger partial charge on any atom is 0.255 e. The van der Waals surface area contributed by atoms with Crippen LogP contribution in [0.3, 0.4) is 0 Å². The maximum absolute atomic E-state index is 14.0. The third-order valence-corrected chi connectivity index (χ3v) is 8.51. The summed E-state index contributed by atoms with van der Waals surface area (Å²) in [4.78, 5) is 39.1. The Morgan fingerprint density at radius 1 is 0.897 bits per heavy atom. The zero-order valence-electron chi connectivity index (χ0n) is 23.7. The molecule has 2 aliphatic rings. The number of carbonyl (C=O) groups is 2. The van der Waals surface area contributed by atoms with Crippen molar-refractivity contribution in [2.45, 2.75) is 71.9 Å². The average molecular weight is 527 g/mol. The van der Waals surface area contributed by atoms with Gasteiger partial charge in [0.05, 0.1) is 16.8 Å². The van der Waals surface area contributed by atoms with Gasteiger partial charge in [-0.1, -0.05) is 55.7 Å². The summed E-state index contributed by atoms with van der Waals surface area (Å²) >= 11 is 0. The summed E-state index contributed by atoms with van der Waals surface area (Å²) in [6, 6.07) is 16.5. The average Bonchev–Trinajstić information content (AvgIpc) is 2.99. The Labute approximate surface area is 233 Å². The van der Waals surface area contributed by atoms with Crippen LogP contribution in [0.1, 0.15) is 73.9 Å². The van der Waals surface area contributed by atoms with E-state index in [0.717, 1.165) is 72.9 Å². The predicted octanol–water partition coefficient (Wildman–Crippen LogP) is 6.21. The normalized spacial score (nSPS) is 18.2. The zero-order chi connectivity index (χ0) is 27.4. The molecule has 5 rings (SSSR count). The first-order chi connectivity index (χ1) is 18.9. The molecule has 2 heterocycles. The van der Waals surface area contributed by atoms with Crippen LogP contribution in [0.5, 0.6) is 0 Å². The Hall–Kier alpha value is -3.25. The van der Waals surface area contributed by atoms with E-state index in [1.807, 2.05) is 35.2 Å². The van der Waals surface area contributed by atoms with Crippen LogP contribution in [0.25, 0.3) is 10.9 Å². The van der Waals surface area contributed by atoms with Crippen molar-refractivity contribution in [2.75, 3.05) is 31.1 Å². The highest BCUT2D eigenvalue weighted by molar-refractivity contribution is 5.98. The van der Waals surface area contributed by atoms with E-state index in [9.17, 15) is 9.59 Å². The number of carbonyl (C=O) groups excluding carboxylic acids is 2. The molecular weight excluding hydrogens is 484 g/mol. The number of nitrogens with zero attached hydrogens (tertiary/aromatic N) is 4.